The van der Waals surface area contributed by atoms with Gasteiger partial charge in [0.25, 0.3) is 10.0 Å². The minimum absolute atomic E-state index is 0.0227. The molecule has 1 N–H and O–H groups in total. The molecule has 2 rings (SSSR count). The van der Waals surface area contributed by atoms with Crippen molar-refractivity contribution in [1.29, 1.82) is 0 Å². The molecule has 1 aromatic carbocycles. The molecule has 0 bridgehead atoms. The normalized spacial score (nSPS) is 11.3. The molecular weight excluding hydrogens is 307 g/mol. The van der Waals surface area contributed by atoms with Crippen LogP contribution in [0.15, 0.2) is 41.4 Å². The van der Waals surface area contributed by atoms with Crippen LogP contribution in [0.3, 0.4) is 0 Å². The second-order valence-electron chi connectivity index (χ2n) is 3.91. The summed E-state index contributed by atoms with van der Waals surface area (Å²) in [6.07, 6.45) is 1.19. The Morgan fingerprint density at radius 1 is 1.16 bits per heavy atom. The average molecular weight is 317 g/mol. The highest BCUT2D eigenvalue weighted by atomic mass is 35.5. The highest BCUT2D eigenvalue weighted by Gasteiger charge is 2.16. The van der Waals surface area contributed by atoms with E-state index in [4.69, 9.17) is 23.2 Å². The summed E-state index contributed by atoms with van der Waals surface area (Å²) in [6.45, 7) is 1.85. The lowest BCUT2D eigenvalue weighted by Crippen LogP contribution is -2.13. The van der Waals surface area contributed by atoms with Crippen molar-refractivity contribution in [3.63, 3.8) is 0 Å². The summed E-state index contributed by atoms with van der Waals surface area (Å²) in [5, 5.41) is 0.559. The molecular formula is C12H10Cl2N2O2S. The molecule has 0 fully saturated rings. The molecule has 0 amide bonds. The Balaban J connectivity index is 2.36. The number of hydrogen-bond acceptors (Lipinski definition) is 3. The van der Waals surface area contributed by atoms with Crippen LogP contribution in [0.4, 0.5) is 5.69 Å². The van der Waals surface area contributed by atoms with Crippen molar-refractivity contribution in [3.05, 3.63) is 52.3 Å². The van der Waals surface area contributed by atoms with E-state index in [2.05, 4.69) is 9.71 Å². The van der Waals surface area contributed by atoms with Crippen LogP contribution >= 0.6 is 23.2 Å². The van der Waals surface area contributed by atoms with E-state index in [0.29, 0.717) is 10.7 Å². The van der Waals surface area contributed by atoms with Crippen molar-refractivity contribution in [2.24, 2.45) is 0 Å². The number of halogens is 2. The molecule has 1 heterocycles. The lowest BCUT2D eigenvalue weighted by Gasteiger charge is -2.10. The third-order valence-corrected chi connectivity index (χ3v) is 4.28. The minimum atomic E-state index is -3.72. The van der Waals surface area contributed by atoms with Crippen LogP contribution in [-0.4, -0.2) is 13.4 Å². The van der Waals surface area contributed by atoms with Gasteiger partial charge in [0.15, 0.2) is 0 Å². The second kappa shape index (κ2) is 5.36. The van der Waals surface area contributed by atoms with Crippen LogP contribution in [0.1, 0.15) is 5.56 Å². The Labute approximate surface area is 121 Å². The van der Waals surface area contributed by atoms with Crippen molar-refractivity contribution in [3.8, 4) is 0 Å². The van der Waals surface area contributed by atoms with Gasteiger partial charge >= 0.3 is 0 Å². The summed E-state index contributed by atoms with van der Waals surface area (Å²) in [5.41, 5.74) is 1.23. The SMILES string of the molecule is Cc1ccc(Cl)c(NS(=O)(=O)c2ccc(Cl)nc2)c1. The van der Waals surface area contributed by atoms with E-state index in [1.54, 1.807) is 18.2 Å². The Kier molecular flexibility index (Phi) is 3.99. The molecule has 0 aliphatic rings. The van der Waals surface area contributed by atoms with E-state index in [9.17, 15) is 8.42 Å². The van der Waals surface area contributed by atoms with E-state index in [-0.39, 0.29) is 10.0 Å². The lowest BCUT2D eigenvalue weighted by atomic mass is 10.2. The fourth-order valence-electron chi connectivity index (χ4n) is 1.44. The van der Waals surface area contributed by atoms with Crippen molar-refractivity contribution < 1.29 is 8.42 Å². The van der Waals surface area contributed by atoms with Gasteiger partial charge in [0.05, 0.1) is 10.7 Å². The van der Waals surface area contributed by atoms with Crippen LogP contribution < -0.4 is 4.72 Å². The maximum atomic E-state index is 12.1. The smallest absolute Gasteiger partial charge is 0.263 e. The molecule has 0 spiro atoms. The molecule has 7 heteroatoms. The molecule has 0 aliphatic heterocycles. The summed E-state index contributed by atoms with van der Waals surface area (Å²) in [5.74, 6) is 0. The first-order valence-electron chi connectivity index (χ1n) is 5.29. The molecule has 0 unspecified atom stereocenters. The summed E-state index contributed by atoms with van der Waals surface area (Å²) in [4.78, 5) is 3.76. The van der Waals surface area contributed by atoms with Gasteiger partial charge in [0.1, 0.15) is 10.0 Å². The second-order valence-corrected chi connectivity index (χ2v) is 6.38. The van der Waals surface area contributed by atoms with Gasteiger partial charge < -0.3 is 0 Å². The van der Waals surface area contributed by atoms with Gasteiger partial charge in [-0.3, -0.25) is 4.72 Å². The van der Waals surface area contributed by atoms with Gasteiger partial charge in [-0.25, -0.2) is 13.4 Å². The number of sulfonamides is 1. The number of anilines is 1. The van der Waals surface area contributed by atoms with E-state index in [0.717, 1.165) is 5.56 Å². The van der Waals surface area contributed by atoms with Crippen molar-refractivity contribution in [1.82, 2.24) is 4.98 Å². The number of aromatic nitrogens is 1. The Hall–Kier alpha value is -1.30. The molecule has 0 aliphatic carbocycles. The first-order chi connectivity index (χ1) is 8.88. The third kappa shape index (κ3) is 3.37. The number of aryl methyl sites for hydroxylation is 1. The third-order valence-electron chi connectivity index (χ3n) is 2.38. The predicted molar refractivity (Wildman–Crippen MR) is 76.2 cm³/mol. The first-order valence-corrected chi connectivity index (χ1v) is 7.53. The summed E-state index contributed by atoms with van der Waals surface area (Å²) >= 11 is 11.6. The van der Waals surface area contributed by atoms with E-state index >= 15 is 0 Å². The van der Waals surface area contributed by atoms with Crippen molar-refractivity contribution in [2.45, 2.75) is 11.8 Å². The molecule has 4 nitrogen and oxygen atoms in total. The van der Waals surface area contributed by atoms with Gasteiger partial charge in [-0.2, -0.15) is 0 Å². The number of nitrogens with one attached hydrogen (secondary N) is 1. The van der Waals surface area contributed by atoms with Gasteiger partial charge in [-0.1, -0.05) is 29.3 Å². The fraction of sp³-hybridized carbons (Fsp3) is 0.0833. The monoisotopic (exact) mass is 316 g/mol. The zero-order valence-corrected chi connectivity index (χ0v) is 12.2. The number of rotatable bonds is 3. The van der Waals surface area contributed by atoms with Gasteiger partial charge in [0.2, 0.25) is 0 Å². The first kappa shape index (κ1) is 14.1. The highest BCUT2D eigenvalue weighted by Crippen LogP contribution is 2.25. The van der Waals surface area contributed by atoms with Crippen LogP contribution in [-0.2, 0) is 10.0 Å². The molecule has 19 heavy (non-hydrogen) atoms. The molecule has 1 aromatic heterocycles. The summed E-state index contributed by atoms with van der Waals surface area (Å²) in [7, 11) is -3.72. The largest absolute Gasteiger partial charge is 0.278 e. The van der Waals surface area contributed by atoms with Crippen LogP contribution in [0.5, 0.6) is 0 Å². The lowest BCUT2D eigenvalue weighted by molar-refractivity contribution is 0.601. The Morgan fingerprint density at radius 2 is 1.89 bits per heavy atom. The van der Waals surface area contributed by atoms with Crippen LogP contribution in [0.25, 0.3) is 0 Å². The molecule has 2 aromatic rings. The Morgan fingerprint density at radius 3 is 2.53 bits per heavy atom. The van der Waals surface area contributed by atoms with Gasteiger partial charge in [-0.15, -0.1) is 0 Å². The topological polar surface area (TPSA) is 59.1 Å². The van der Waals surface area contributed by atoms with Crippen LogP contribution in [0.2, 0.25) is 10.2 Å². The summed E-state index contributed by atoms with van der Waals surface area (Å²) < 4.78 is 26.7. The number of pyridine rings is 1. The fourth-order valence-corrected chi connectivity index (χ4v) is 2.79. The average Bonchev–Trinajstić information content (AvgIpc) is 2.34. The predicted octanol–water partition coefficient (Wildman–Crippen LogP) is 3.50. The van der Waals surface area contributed by atoms with Gasteiger partial charge in [-0.05, 0) is 36.8 Å². The molecule has 100 valence electrons. The van der Waals surface area contributed by atoms with E-state index in [1.807, 2.05) is 6.92 Å². The molecule has 0 atom stereocenters. The molecule has 0 saturated carbocycles. The maximum absolute atomic E-state index is 12.1. The standard InChI is InChI=1S/C12H10Cl2N2O2S/c1-8-2-4-10(13)11(6-8)16-19(17,18)9-3-5-12(14)15-7-9/h2-7,16H,1H3. The summed E-state index contributed by atoms with van der Waals surface area (Å²) in [6, 6.07) is 7.87. The van der Waals surface area contributed by atoms with Crippen LogP contribution in [0, 0.1) is 6.92 Å². The van der Waals surface area contributed by atoms with Gasteiger partial charge in [0, 0.05) is 6.20 Å². The zero-order chi connectivity index (χ0) is 14.0. The highest BCUT2D eigenvalue weighted by molar-refractivity contribution is 7.92. The molecule has 0 radical (unpaired) electrons. The number of benzene rings is 1. The minimum Gasteiger partial charge on any atom is -0.278 e. The zero-order valence-electron chi connectivity index (χ0n) is 9.89. The van der Waals surface area contributed by atoms with Crippen molar-refractivity contribution >= 4 is 38.9 Å². The number of hydrogen-bond donors (Lipinski definition) is 1. The number of nitrogens with zero attached hydrogens (tertiary/aromatic N) is 1. The molecule has 0 saturated heterocycles. The van der Waals surface area contributed by atoms with E-state index in [1.165, 1.54) is 18.3 Å². The quantitative estimate of drug-likeness (QED) is 0.882. The van der Waals surface area contributed by atoms with Crippen molar-refractivity contribution in [2.75, 3.05) is 4.72 Å². The Bertz CT molecular complexity index is 700. The maximum Gasteiger partial charge on any atom is 0.263 e. The van der Waals surface area contributed by atoms with E-state index < -0.39 is 10.0 Å².